The van der Waals surface area contributed by atoms with Crippen molar-refractivity contribution in [2.45, 2.75) is 39.8 Å². The van der Waals surface area contributed by atoms with Gasteiger partial charge in [-0.15, -0.1) is 0 Å². The number of nitrogens with zero attached hydrogens (tertiary/aromatic N) is 1. The number of rotatable bonds is 8. The summed E-state index contributed by atoms with van der Waals surface area (Å²) in [5.41, 5.74) is 2.36. The summed E-state index contributed by atoms with van der Waals surface area (Å²) in [6.07, 6.45) is -0.597. The topological polar surface area (TPSA) is 72.7 Å². The zero-order valence-corrected chi connectivity index (χ0v) is 15.6. The van der Waals surface area contributed by atoms with E-state index in [9.17, 15) is 9.90 Å². The smallest absolute Gasteiger partial charge is 0.340 e. The third-order valence-electron chi connectivity index (χ3n) is 4.15. The Morgan fingerprint density at radius 1 is 1.36 bits per heavy atom. The zero-order valence-electron chi connectivity index (χ0n) is 15.6. The molecule has 2 N–H and O–H groups in total. The fourth-order valence-electron chi connectivity index (χ4n) is 2.72. The summed E-state index contributed by atoms with van der Waals surface area (Å²) in [5, 5.41) is 13.9. The molecular weight excluding hydrogens is 320 g/mol. The SMILES string of the molecule is CCOC(=O)c1c(C)n(C)c2ccc(OCC(O)CNC(C)C)cc12. The maximum atomic E-state index is 12.3. The minimum atomic E-state index is -0.597. The highest BCUT2D eigenvalue weighted by molar-refractivity contribution is 6.06. The predicted octanol–water partition coefficient (Wildman–Crippen LogP) is 2.40. The van der Waals surface area contributed by atoms with Gasteiger partial charge >= 0.3 is 5.97 Å². The van der Waals surface area contributed by atoms with Gasteiger partial charge in [-0.05, 0) is 32.0 Å². The van der Waals surface area contributed by atoms with Gasteiger partial charge in [-0.1, -0.05) is 13.8 Å². The number of nitrogens with one attached hydrogen (secondary N) is 1. The van der Waals surface area contributed by atoms with Gasteiger partial charge in [-0.2, -0.15) is 0 Å². The van der Waals surface area contributed by atoms with Crippen LogP contribution in [0.3, 0.4) is 0 Å². The van der Waals surface area contributed by atoms with Crippen molar-refractivity contribution >= 4 is 16.9 Å². The van der Waals surface area contributed by atoms with E-state index in [4.69, 9.17) is 9.47 Å². The van der Waals surface area contributed by atoms with Crippen molar-refractivity contribution in [1.82, 2.24) is 9.88 Å². The van der Waals surface area contributed by atoms with E-state index in [1.54, 1.807) is 6.92 Å². The molecule has 25 heavy (non-hydrogen) atoms. The molecule has 1 atom stereocenters. The van der Waals surface area contributed by atoms with E-state index in [1.165, 1.54) is 0 Å². The van der Waals surface area contributed by atoms with Gasteiger partial charge in [-0.3, -0.25) is 0 Å². The van der Waals surface area contributed by atoms with Crippen LogP contribution in [0.4, 0.5) is 0 Å². The molecule has 138 valence electrons. The van der Waals surface area contributed by atoms with Crippen molar-refractivity contribution in [3.8, 4) is 5.75 Å². The standard InChI is InChI=1S/C19H28N2O4/c1-6-24-19(23)18-13(4)21(5)17-8-7-15(9-16(17)18)25-11-14(22)10-20-12(2)3/h7-9,12,14,20,22H,6,10-11H2,1-5H3. The van der Waals surface area contributed by atoms with Gasteiger partial charge in [0, 0.05) is 36.2 Å². The Bertz CT molecular complexity index is 737. The fourth-order valence-corrected chi connectivity index (χ4v) is 2.72. The monoisotopic (exact) mass is 348 g/mol. The molecule has 6 nitrogen and oxygen atoms in total. The molecule has 6 heteroatoms. The molecule has 1 heterocycles. The quantitative estimate of drug-likeness (QED) is 0.717. The lowest BCUT2D eigenvalue weighted by Crippen LogP contribution is -2.35. The summed E-state index contributed by atoms with van der Waals surface area (Å²) in [4.78, 5) is 12.3. The Balaban J connectivity index is 2.20. The van der Waals surface area contributed by atoms with Crippen molar-refractivity contribution < 1.29 is 19.4 Å². The number of esters is 1. The molecule has 1 unspecified atom stereocenters. The van der Waals surface area contributed by atoms with Gasteiger partial charge in [0.05, 0.1) is 12.2 Å². The third kappa shape index (κ3) is 4.52. The maximum absolute atomic E-state index is 12.3. The first kappa shape index (κ1) is 19.3. The van der Waals surface area contributed by atoms with Gasteiger partial charge in [0.1, 0.15) is 18.5 Å². The molecule has 2 aromatic rings. The Labute approximate surface area is 148 Å². The van der Waals surface area contributed by atoms with Crippen LogP contribution in [-0.4, -0.2) is 47.5 Å². The number of hydrogen-bond acceptors (Lipinski definition) is 5. The van der Waals surface area contributed by atoms with Crippen LogP contribution in [0, 0.1) is 6.92 Å². The van der Waals surface area contributed by atoms with E-state index in [0.29, 0.717) is 30.5 Å². The number of ether oxygens (including phenoxy) is 2. The molecule has 0 fully saturated rings. The highest BCUT2D eigenvalue weighted by atomic mass is 16.5. The number of benzene rings is 1. The molecule has 0 aliphatic carbocycles. The number of carbonyl (C=O) groups excluding carboxylic acids is 1. The van der Waals surface area contributed by atoms with Crippen LogP contribution in [-0.2, 0) is 11.8 Å². The average Bonchev–Trinajstić information content (AvgIpc) is 2.82. The third-order valence-corrected chi connectivity index (χ3v) is 4.15. The molecule has 0 radical (unpaired) electrons. The van der Waals surface area contributed by atoms with Crippen LogP contribution < -0.4 is 10.1 Å². The number of aryl methyl sites for hydroxylation is 1. The molecular formula is C19H28N2O4. The van der Waals surface area contributed by atoms with E-state index >= 15 is 0 Å². The minimum absolute atomic E-state index is 0.186. The molecule has 0 saturated carbocycles. The number of aliphatic hydroxyl groups is 1. The van der Waals surface area contributed by atoms with Crippen LogP contribution in [0.1, 0.15) is 36.8 Å². The minimum Gasteiger partial charge on any atom is -0.491 e. The van der Waals surface area contributed by atoms with Crippen LogP contribution >= 0.6 is 0 Å². The number of aromatic nitrogens is 1. The molecule has 2 rings (SSSR count). The first-order chi connectivity index (χ1) is 11.8. The Kier molecular flexibility index (Phi) is 6.45. The summed E-state index contributed by atoms with van der Waals surface area (Å²) in [5.74, 6) is 0.288. The lowest BCUT2D eigenvalue weighted by Gasteiger charge is -2.15. The molecule has 1 aromatic carbocycles. The summed E-state index contributed by atoms with van der Waals surface area (Å²) in [7, 11) is 1.92. The average molecular weight is 348 g/mol. The van der Waals surface area contributed by atoms with Gasteiger partial charge in [-0.25, -0.2) is 4.79 Å². The second kappa shape index (κ2) is 8.36. The second-order valence-electron chi connectivity index (χ2n) is 6.45. The molecule has 0 aliphatic heterocycles. The molecule has 1 aromatic heterocycles. The van der Waals surface area contributed by atoms with E-state index in [-0.39, 0.29) is 12.6 Å². The number of aliphatic hydroxyl groups excluding tert-OH is 1. The van der Waals surface area contributed by atoms with Gasteiger partial charge in [0.25, 0.3) is 0 Å². The zero-order chi connectivity index (χ0) is 18.6. The van der Waals surface area contributed by atoms with Crippen molar-refractivity contribution in [3.05, 3.63) is 29.5 Å². The normalized spacial score (nSPS) is 12.6. The highest BCUT2D eigenvalue weighted by Crippen LogP contribution is 2.29. The first-order valence-electron chi connectivity index (χ1n) is 8.65. The van der Waals surface area contributed by atoms with Gasteiger partial charge in [0.2, 0.25) is 0 Å². The number of fused-ring (bicyclic) bond motifs is 1. The predicted molar refractivity (Wildman–Crippen MR) is 98.3 cm³/mol. The highest BCUT2D eigenvalue weighted by Gasteiger charge is 2.20. The summed E-state index contributed by atoms with van der Waals surface area (Å²) >= 11 is 0. The van der Waals surface area contributed by atoms with Crippen LogP contribution in [0.5, 0.6) is 5.75 Å². The van der Waals surface area contributed by atoms with Crippen LogP contribution in [0.2, 0.25) is 0 Å². The molecule has 0 amide bonds. The molecule has 0 spiro atoms. The Morgan fingerprint density at radius 2 is 2.08 bits per heavy atom. The number of carbonyl (C=O) groups is 1. The van der Waals surface area contributed by atoms with Gasteiger partial charge in [0.15, 0.2) is 0 Å². The summed E-state index contributed by atoms with van der Waals surface area (Å²) < 4.78 is 12.8. The second-order valence-corrected chi connectivity index (χ2v) is 6.45. The molecule has 0 aliphatic rings. The van der Waals surface area contributed by atoms with Crippen molar-refractivity contribution in [1.29, 1.82) is 0 Å². The fraction of sp³-hybridized carbons (Fsp3) is 0.526. The van der Waals surface area contributed by atoms with Crippen molar-refractivity contribution in [3.63, 3.8) is 0 Å². The molecule has 0 bridgehead atoms. The van der Waals surface area contributed by atoms with Crippen molar-refractivity contribution in [2.75, 3.05) is 19.8 Å². The van der Waals surface area contributed by atoms with Gasteiger partial charge < -0.3 is 24.5 Å². The largest absolute Gasteiger partial charge is 0.491 e. The van der Waals surface area contributed by atoms with E-state index in [2.05, 4.69) is 5.32 Å². The molecule has 0 saturated heterocycles. The van der Waals surface area contributed by atoms with Crippen LogP contribution in [0.25, 0.3) is 10.9 Å². The number of hydrogen-bond donors (Lipinski definition) is 2. The Morgan fingerprint density at radius 3 is 2.72 bits per heavy atom. The van der Waals surface area contributed by atoms with E-state index in [0.717, 1.165) is 16.6 Å². The summed E-state index contributed by atoms with van der Waals surface area (Å²) in [6.45, 7) is 8.73. The van der Waals surface area contributed by atoms with Crippen molar-refractivity contribution in [2.24, 2.45) is 7.05 Å². The van der Waals surface area contributed by atoms with Crippen LogP contribution in [0.15, 0.2) is 18.2 Å². The Hall–Kier alpha value is -2.05. The maximum Gasteiger partial charge on any atom is 0.340 e. The van der Waals surface area contributed by atoms with E-state index < -0.39 is 6.10 Å². The summed E-state index contributed by atoms with van der Waals surface area (Å²) in [6, 6.07) is 5.90. The van der Waals surface area contributed by atoms with E-state index in [1.807, 2.05) is 50.6 Å². The lowest BCUT2D eigenvalue weighted by atomic mass is 10.1. The lowest BCUT2D eigenvalue weighted by molar-refractivity contribution is 0.0527. The first-order valence-corrected chi connectivity index (χ1v) is 8.65.